The summed E-state index contributed by atoms with van der Waals surface area (Å²) in [5.74, 6) is 1.43. The van der Waals surface area contributed by atoms with E-state index in [1.54, 1.807) is 7.05 Å². The van der Waals surface area contributed by atoms with E-state index < -0.39 is 0 Å². The lowest BCUT2D eigenvalue weighted by atomic mass is 10.1. The Labute approximate surface area is 170 Å². The second kappa shape index (κ2) is 14.3. The maximum Gasteiger partial charge on any atom is 0.191 e. The van der Waals surface area contributed by atoms with E-state index >= 15 is 0 Å². The smallest absolute Gasteiger partial charge is 0.191 e. The van der Waals surface area contributed by atoms with Crippen molar-refractivity contribution in [3.05, 3.63) is 35.9 Å². The molecule has 0 aliphatic heterocycles. The molecule has 0 heterocycles. The second-order valence-corrected chi connectivity index (χ2v) is 6.59. The number of ether oxygens (including phenoxy) is 1. The lowest BCUT2D eigenvalue weighted by Crippen LogP contribution is -2.42. The van der Waals surface area contributed by atoms with Gasteiger partial charge in [-0.2, -0.15) is 0 Å². The highest BCUT2D eigenvalue weighted by Gasteiger charge is 2.14. The van der Waals surface area contributed by atoms with Crippen molar-refractivity contribution in [2.45, 2.75) is 26.3 Å². The van der Waals surface area contributed by atoms with Crippen molar-refractivity contribution in [2.24, 2.45) is 10.9 Å². The van der Waals surface area contributed by atoms with Crippen molar-refractivity contribution >= 4 is 29.9 Å². The minimum atomic E-state index is 0. The Hall–Kier alpha value is -0.860. The first-order chi connectivity index (χ1) is 11.5. The van der Waals surface area contributed by atoms with Gasteiger partial charge >= 0.3 is 0 Å². The molecule has 0 spiro atoms. The van der Waals surface area contributed by atoms with E-state index in [0.29, 0.717) is 12.0 Å². The first kappa shape index (κ1) is 24.1. The van der Waals surface area contributed by atoms with E-state index in [0.717, 1.165) is 38.7 Å². The molecule has 0 radical (unpaired) electrons. The van der Waals surface area contributed by atoms with Crippen molar-refractivity contribution in [2.75, 3.05) is 47.4 Å². The maximum atomic E-state index is 5.59. The maximum absolute atomic E-state index is 5.59. The number of rotatable bonds is 10. The molecule has 1 aromatic rings. The highest BCUT2D eigenvalue weighted by molar-refractivity contribution is 14.0. The van der Waals surface area contributed by atoms with Crippen LogP contribution in [-0.4, -0.2) is 58.3 Å². The molecule has 1 aromatic carbocycles. The molecule has 0 aliphatic carbocycles. The van der Waals surface area contributed by atoms with Crippen LogP contribution < -0.4 is 10.6 Å². The van der Waals surface area contributed by atoms with Gasteiger partial charge < -0.3 is 20.3 Å². The van der Waals surface area contributed by atoms with Gasteiger partial charge in [-0.1, -0.05) is 44.2 Å². The average molecular weight is 462 g/mol. The summed E-state index contributed by atoms with van der Waals surface area (Å²) in [5, 5.41) is 6.76. The first-order valence-electron chi connectivity index (χ1n) is 8.78. The summed E-state index contributed by atoms with van der Waals surface area (Å²) in [6.07, 6.45) is 0.975. The summed E-state index contributed by atoms with van der Waals surface area (Å²) in [7, 11) is 6.00. The lowest BCUT2D eigenvalue weighted by Gasteiger charge is -2.26. The number of guanidine groups is 1. The molecule has 0 bridgehead atoms. The van der Waals surface area contributed by atoms with Gasteiger partial charge in [-0.3, -0.25) is 4.99 Å². The van der Waals surface area contributed by atoms with Crippen molar-refractivity contribution in [3.8, 4) is 0 Å². The number of nitrogens with one attached hydrogen (secondary N) is 2. The van der Waals surface area contributed by atoms with Crippen LogP contribution in [0.1, 0.15) is 31.9 Å². The number of likely N-dealkylation sites (N-methyl/N-ethyl adjacent to an activating group) is 1. The third kappa shape index (κ3) is 10.7. The third-order valence-corrected chi connectivity index (χ3v) is 3.70. The summed E-state index contributed by atoms with van der Waals surface area (Å²) in [6, 6.07) is 10.8. The molecule has 0 aliphatic rings. The van der Waals surface area contributed by atoms with Crippen LogP contribution >= 0.6 is 24.0 Å². The molecule has 0 amide bonds. The van der Waals surface area contributed by atoms with Gasteiger partial charge in [0.05, 0.1) is 6.04 Å². The number of halogens is 1. The lowest BCUT2D eigenvalue weighted by molar-refractivity contribution is 0.108. The number of nitrogens with zero attached hydrogens (tertiary/aromatic N) is 2. The first-order valence-corrected chi connectivity index (χ1v) is 8.78. The Balaban J connectivity index is 0.00000576. The van der Waals surface area contributed by atoms with Crippen LogP contribution in [0.5, 0.6) is 0 Å². The Morgan fingerprint density at radius 3 is 2.40 bits per heavy atom. The SMILES string of the molecule is CN=C(NCCCOCC(C)C)NCC(c1ccccc1)N(C)C.I. The van der Waals surface area contributed by atoms with Crippen LogP contribution in [0.2, 0.25) is 0 Å². The Morgan fingerprint density at radius 1 is 1.16 bits per heavy atom. The molecule has 0 saturated heterocycles. The molecule has 1 unspecified atom stereocenters. The molecular formula is C19H35IN4O. The normalized spacial score (nSPS) is 12.8. The Bertz CT molecular complexity index is 466. The molecule has 0 aromatic heterocycles. The number of benzene rings is 1. The van der Waals surface area contributed by atoms with E-state index in [-0.39, 0.29) is 24.0 Å². The molecule has 144 valence electrons. The summed E-state index contributed by atoms with van der Waals surface area (Å²) in [6.45, 7) is 7.60. The highest BCUT2D eigenvalue weighted by atomic mass is 127. The fourth-order valence-corrected chi connectivity index (χ4v) is 2.39. The standard InChI is InChI=1S/C19H34N4O.HI/c1-16(2)15-24-13-9-12-21-19(20-3)22-14-18(23(4)5)17-10-7-6-8-11-17;/h6-8,10-11,16,18H,9,12-15H2,1-5H3,(H2,20,21,22);1H. The van der Waals surface area contributed by atoms with Crippen LogP contribution in [0.25, 0.3) is 0 Å². The molecule has 1 atom stereocenters. The van der Waals surface area contributed by atoms with E-state index in [9.17, 15) is 0 Å². The summed E-state index contributed by atoms with van der Waals surface area (Å²) >= 11 is 0. The minimum absolute atomic E-state index is 0. The third-order valence-electron chi connectivity index (χ3n) is 3.70. The molecule has 25 heavy (non-hydrogen) atoms. The van der Waals surface area contributed by atoms with Crippen LogP contribution in [0, 0.1) is 5.92 Å². The molecule has 6 heteroatoms. The number of hydrogen-bond donors (Lipinski definition) is 2. The average Bonchev–Trinajstić information content (AvgIpc) is 2.56. The molecular weight excluding hydrogens is 427 g/mol. The van der Waals surface area contributed by atoms with Gasteiger partial charge in [0.15, 0.2) is 5.96 Å². The van der Waals surface area contributed by atoms with Gasteiger partial charge in [-0.15, -0.1) is 24.0 Å². The zero-order valence-electron chi connectivity index (χ0n) is 16.3. The van der Waals surface area contributed by atoms with Crippen LogP contribution in [0.3, 0.4) is 0 Å². The van der Waals surface area contributed by atoms with Gasteiger partial charge in [0.1, 0.15) is 0 Å². The van der Waals surface area contributed by atoms with E-state index in [2.05, 4.69) is 72.7 Å². The Morgan fingerprint density at radius 2 is 1.84 bits per heavy atom. The molecule has 0 fully saturated rings. The van der Waals surface area contributed by atoms with Gasteiger partial charge in [0.25, 0.3) is 0 Å². The summed E-state index contributed by atoms with van der Waals surface area (Å²) in [5.41, 5.74) is 1.30. The summed E-state index contributed by atoms with van der Waals surface area (Å²) in [4.78, 5) is 6.51. The zero-order valence-corrected chi connectivity index (χ0v) is 18.6. The predicted molar refractivity (Wildman–Crippen MR) is 118 cm³/mol. The van der Waals surface area contributed by atoms with Crippen LogP contribution in [0.4, 0.5) is 0 Å². The number of aliphatic imine (C=N–C) groups is 1. The molecule has 5 nitrogen and oxygen atoms in total. The highest BCUT2D eigenvalue weighted by Crippen LogP contribution is 2.16. The van der Waals surface area contributed by atoms with Crippen molar-refractivity contribution in [1.82, 2.24) is 15.5 Å². The van der Waals surface area contributed by atoms with Crippen molar-refractivity contribution in [1.29, 1.82) is 0 Å². The number of hydrogen-bond acceptors (Lipinski definition) is 3. The van der Waals surface area contributed by atoms with Crippen LogP contribution in [0.15, 0.2) is 35.3 Å². The monoisotopic (exact) mass is 462 g/mol. The van der Waals surface area contributed by atoms with E-state index in [1.165, 1.54) is 5.56 Å². The topological polar surface area (TPSA) is 48.9 Å². The quantitative estimate of drug-likeness (QED) is 0.243. The fraction of sp³-hybridized carbons (Fsp3) is 0.632. The van der Waals surface area contributed by atoms with E-state index in [1.807, 2.05) is 6.07 Å². The van der Waals surface area contributed by atoms with Crippen LogP contribution in [-0.2, 0) is 4.74 Å². The predicted octanol–water partition coefficient (Wildman–Crippen LogP) is 3.14. The van der Waals surface area contributed by atoms with Crippen molar-refractivity contribution < 1.29 is 4.74 Å². The van der Waals surface area contributed by atoms with E-state index in [4.69, 9.17) is 4.74 Å². The van der Waals surface area contributed by atoms with Crippen molar-refractivity contribution in [3.63, 3.8) is 0 Å². The zero-order chi connectivity index (χ0) is 17.8. The van der Waals surface area contributed by atoms with Gasteiger partial charge in [0, 0.05) is 33.4 Å². The van der Waals surface area contributed by atoms with Gasteiger partial charge in [0.2, 0.25) is 0 Å². The summed E-state index contributed by atoms with van der Waals surface area (Å²) < 4.78 is 5.59. The molecule has 1 rings (SSSR count). The minimum Gasteiger partial charge on any atom is -0.381 e. The van der Waals surface area contributed by atoms with Gasteiger partial charge in [-0.05, 0) is 32.0 Å². The molecule has 0 saturated carbocycles. The second-order valence-electron chi connectivity index (χ2n) is 6.59. The largest absolute Gasteiger partial charge is 0.381 e. The fourth-order valence-electron chi connectivity index (χ4n) is 2.39. The molecule has 2 N–H and O–H groups in total. The Kier molecular flexibility index (Phi) is 13.8. The van der Waals surface area contributed by atoms with Gasteiger partial charge in [-0.25, -0.2) is 0 Å².